The van der Waals surface area contributed by atoms with Crippen molar-refractivity contribution >= 4 is 11.6 Å². The molecule has 0 aromatic carbocycles. The number of ether oxygens (including phenoxy) is 1. The Labute approximate surface area is 120 Å². The summed E-state index contributed by atoms with van der Waals surface area (Å²) in [6.45, 7) is 5.09. The number of hydrogen-bond acceptors (Lipinski definition) is 6. The molecule has 2 heterocycles. The van der Waals surface area contributed by atoms with Crippen molar-refractivity contribution in [3.05, 3.63) is 6.33 Å². The van der Waals surface area contributed by atoms with E-state index >= 15 is 0 Å². The first-order chi connectivity index (χ1) is 9.80. The second-order valence-corrected chi connectivity index (χ2v) is 5.12. The number of nitrogens with zero attached hydrogens (tertiary/aromatic N) is 3. The summed E-state index contributed by atoms with van der Waals surface area (Å²) in [5.41, 5.74) is 0. The zero-order chi connectivity index (χ0) is 14.4. The fraction of sp³-hybridized carbons (Fsp3) is 0.714. The molecule has 0 aliphatic carbocycles. The summed E-state index contributed by atoms with van der Waals surface area (Å²) in [7, 11) is 1.65. The Kier molecular flexibility index (Phi) is 5.40. The highest BCUT2D eigenvalue weighted by Gasteiger charge is 2.26. The SMILES string of the molecule is CCCNc1ncnc(N2CCC(CCO)C2)c1OC. The third-order valence-electron chi connectivity index (χ3n) is 3.65. The summed E-state index contributed by atoms with van der Waals surface area (Å²) in [5.74, 6) is 2.85. The number of anilines is 2. The summed E-state index contributed by atoms with van der Waals surface area (Å²) in [6, 6.07) is 0. The van der Waals surface area contributed by atoms with Gasteiger partial charge < -0.3 is 20.1 Å². The number of nitrogens with one attached hydrogen (secondary N) is 1. The van der Waals surface area contributed by atoms with Gasteiger partial charge in [0.15, 0.2) is 11.6 Å². The highest BCUT2D eigenvalue weighted by atomic mass is 16.5. The molecule has 0 radical (unpaired) electrons. The van der Waals surface area contributed by atoms with Gasteiger partial charge in [-0.25, -0.2) is 9.97 Å². The maximum absolute atomic E-state index is 9.05. The van der Waals surface area contributed by atoms with E-state index in [4.69, 9.17) is 9.84 Å². The molecule has 20 heavy (non-hydrogen) atoms. The Balaban J connectivity index is 2.15. The lowest BCUT2D eigenvalue weighted by atomic mass is 10.1. The zero-order valence-electron chi connectivity index (χ0n) is 12.3. The molecule has 1 fully saturated rings. The van der Waals surface area contributed by atoms with Gasteiger partial charge in [-0.3, -0.25) is 0 Å². The summed E-state index contributed by atoms with van der Waals surface area (Å²) in [5, 5.41) is 12.3. The number of aromatic nitrogens is 2. The van der Waals surface area contributed by atoms with Gasteiger partial charge in [0, 0.05) is 26.2 Å². The summed E-state index contributed by atoms with van der Waals surface area (Å²) >= 11 is 0. The second kappa shape index (κ2) is 7.28. The first-order valence-electron chi connectivity index (χ1n) is 7.28. The van der Waals surface area contributed by atoms with Crippen molar-refractivity contribution in [2.45, 2.75) is 26.2 Å². The number of aliphatic hydroxyl groups excluding tert-OH is 1. The van der Waals surface area contributed by atoms with Gasteiger partial charge in [0.25, 0.3) is 0 Å². The lowest BCUT2D eigenvalue weighted by Gasteiger charge is -2.21. The van der Waals surface area contributed by atoms with Crippen LogP contribution in [0.5, 0.6) is 5.75 Å². The number of rotatable bonds is 7. The fourth-order valence-electron chi connectivity index (χ4n) is 2.59. The predicted molar refractivity (Wildman–Crippen MR) is 79.4 cm³/mol. The molecule has 0 saturated carbocycles. The van der Waals surface area contributed by atoms with Crippen molar-refractivity contribution in [3.8, 4) is 5.75 Å². The molecule has 2 rings (SSSR count). The van der Waals surface area contributed by atoms with E-state index in [0.29, 0.717) is 11.7 Å². The van der Waals surface area contributed by atoms with Crippen LogP contribution in [0.15, 0.2) is 6.33 Å². The fourth-order valence-corrected chi connectivity index (χ4v) is 2.59. The Bertz CT molecular complexity index is 428. The largest absolute Gasteiger partial charge is 0.490 e. The molecular formula is C14H24N4O2. The van der Waals surface area contributed by atoms with Crippen LogP contribution in [0, 0.1) is 5.92 Å². The zero-order valence-corrected chi connectivity index (χ0v) is 12.3. The number of aliphatic hydroxyl groups is 1. The molecule has 6 heteroatoms. The third kappa shape index (κ3) is 3.30. The van der Waals surface area contributed by atoms with Crippen LogP contribution in [0.4, 0.5) is 11.6 Å². The van der Waals surface area contributed by atoms with Gasteiger partial charge >= 0.3 is 0 Å². The predicted octanol–water partition coefficient (Wildman–Crippen LogP) is 1.52. The molecule has 0 spiro atoms. The van der Waals surface area contributed by atoms with Crippen LogP contribution >= 0.6 is 0 Å². The van der Waals surface area contributed by atoms with Crippen LogP contribution in [0.3, 0.4) is 0 Å². The summed E-state index contributed by atoms with van der Waals surface area (Å²) in [6.07, 6.45) is 4.55. The lowest BCUT2D eigenvalue weighted by molar-refractivity contribution is 0.263. The second-order valence-electron chi connectivity index (χ2n) is 5.12. The van der Waals surface area contributed by atoms with Gasteiger partial charge in [-0.1, -0.05) is 6.92 Å². The van der Waals surface area contributed by atoms with Crippen molar-refractivity contribution in [2.75, 3.05) is 43.6 Å². The molecule has 1 aromatic rings. The van der Waals surface area contributed by atoms with E-state index in [1.54, 1.807) is 13.4 Å². The van der Waals surface area contributed by atoms with Gasteiger partial charge in [0.1, 0.15) is 6.33 Å². The number of hydrogen-bond donors (Lipinski definition) is 2. The molecule has 0 amide bonds. The van der Waals surface area contributed by atoms with Crippen molar-refractivity contribution < 1.29 is 9.84 Å². The molecule has 1 aliphatic heterocycles. The summed E-state index contributed by atoms with van der Waals surface area (Å²) < 4.78 is 5.50. The molecule has 0 bridgehead atoms. The van der Waals surface area contributed by atoms with Gasteiger partial charge in [-0.15, -0.1) is 0 Å². The van der Waals surface area contributed by atoms with Crippen molar-refractivity contribution in [2.24, 2.45) is 5.92 Å². The molecule has 1 aliphatic rings. The average molecular weight is 280 g/mol. The quantitative estimate of drug-likeness (QED) is 0.789. The smallest absolute Gasteiger partial charge is 0.204 e. The van der Waals surface area contributed by atoms with Crippen molar-refractivity contribution in [1.29, 1.82) is 0 Å². The van der Waals surface area contributed by atoms with Crippen LogP contribution in [0.1, 0.15) is 26.2 Å². The van der Waals surface area contributed by atoms with E-state index in [0.717, 1.165) is 50.5 Å². The summed E-state index contributed by atoms with van der Waals surface area (Å²) in [4.78, 5) is 10.9. The van der Waals surface area contributed by atoms with Gasteiger partial charge in [-0.05, 0) is 25.2 Å². The van der Waals surface area contributed by atoms with Crippen LogP contribution in [0.2, 0.25) is 0 Å². The van der Waals surface area contributed by atoms with E-state index in [-0.39, 0.29) is 6.61 Å². The van der Waals surface area contributed by atoms with Crippen LogP contribution < -0.4 is 15.0 Å². The van der Waals surface area contributed by atoms with Crippen molar-refractivity contribution in [3.63, 3.8) is 0 Å². The van der Waals surface area contributed by atoms with E-state index in [9.17, 15) is 0 Å². The molecule has 2 N–H and O–H groups in total. The van der Waals surface area contributed by atoms with Crippen LogP contribution in [-0.2, 0) is 0 Å². The third-order valence-corrected chi connectivity index (χ3v) is 3.65. The van der Waals surface area contributed by atoms with Crippen LogP contribution in [-0.4, -0.2) is 48.4 Å². The Morgan fingerprint density at radius 2 is 2.35 bits per heavy atom. The molecule has 6 nitrogen and oxygen atoms in total. The minimum absolute atomic E-state index is 0.253. The molecule has 1 atom stereocenters. The van der Waals surface area contributed by atoms with Crippen LogP contribution in [0.25, 0.3) is 0 Å². The van der Waals surface area contributed by atoms with E-state index in [1.165, 1.54) is 0 Å². The van der Waals surface area contributed by atoms with Crippen molar-refractivity contribution in [1.82, 2.24) is 9.97 Å². The standard InChI is InChI=1S/C14H24N4O2/c1-3-6-15-13-12(20-2)14(17-10-16-13)18-7-4-11(9-18)5-8-19/h10-11,19H,3-9H2,1-2H3,(H,15,16,17). The van der Waals surface area contributed by atoms with E-state index < -0.39 is 0 Å². The minimum Gasteiger partial charge on any atom is -0.490 e. The van der Waals surface area contributed by atoms with E-state index in [1.807, 2.05) is 0 Å². The molecule has 1 aromatic heterocycles. The number of methoxy groups -OCH3 is 1. The first kappa shape index (κ1) is 14.8. The first-order valence-corrected chi connectivity index (χ1v) is 7.28. The van der Waals surface area contributed by atoms with Gasteiger partial charge in [0.2, 0.25) is 5.75 Å². The van der Waals surface area contributed by atoms with E-state index in [2.05, 4.69) is 27.1 Å². The van der Waals surface area contributed by atoms with Gasteiger partial charge in [-0.2, -0.15) is 0 Å². The lowest BCUT2D eigenvalue weighted by Crippen LogP contribution is -2.22. The Morgan fingerprint density at radius 1 is 1.50 bits per heavy atom. The Hall–Kier alpha value is -1.56. The maximum Gasteiger partial charge on any atom is 0.204 e. The maximum atomic E-state index is 9.05. The highest BCUT2D eigenvalue weighted by Crippen LogP contribution is 2.35. The highest BCUT2D eigenvalue weighted by molar-refractivity contribution is 5.65. The van der Waals surface area contributed by atoms with Gasteiger partial charge in [0.05, 0.1) is 7.11 Å². The topological polar surface area (TPSA) is 70.5 Å². The molecular weight excluding hydrogens is 256 g/mol. The molecule has 112 valence electrons. The monoisotopic (exact) mass is 280 g/mol. The molecule has 1 saturated heterocycles. The minimum atomic E-state index is 0.253. The normalized spacial score (nSPS) is 18.4. The molecule has 1 unspecified atom stereocenters. The average Bonchev–Trinajstić information content (AvgIpc) is 2.93. The Morgan fingerprint density at radius 3 is 3.05 bits per heavy atom.